The van der Waals surface area contributed by atoms with Crippen molar-refractivity contribution in [2.75, 3.05) is 5.32 Å². The Balaban J connectivity index is 1.80. The number of carbonyl (C=O) groups excluding carboxylic acids is 1. The Kier molecular flexibility index (Phi) is 3.61. The fourth-order valence-corrected chi connectivity index (χ4v) is 1.76. The fourth-order valence-electron chi connectivity index (χ4n) is 1.32. The second-order valence-corrected chi connectivity index (χ2v) is 4.10. The zero-order chi connectivity index (χ0) is 11.2. The molecular weight excluding hydrogens is 222 g/mol. The Labute approximate surface area is 97.5 Å². The molecule has 0 radical (unpaired) electrons. The molecule has 0 fully saturated rings. The lowest BCUT2D eigenvalue weighted by Crippen LogP contribution is -2.11. The summed E-state index contributed by atoms with van der Waals surface area (Å²) in [5.74, 6) is -0.00472. The molecule has 0 saturated carbocycles. The standard InChI is InChI=1S/C11H11N3OS/c15-10(13-11-8-12-14-16-11)7-6-9-4-2-1-3-5-9/h1-5,8H,6-7H2,(H,13,15). The largest absolute Gasteiger partial charge is 0.315 e. The summed E-state index contributed by atoms with van der Waals surface area (Å²) < 4.78 is 3.67. The van der Waals surface area contributed by atoms with E-state index in [2.05, 4.69) is 14.9 Å². The summed E-state index contributed by atoms with van der Waals surface area (Å²) in [6.45, 7) is 0. The Morgan fingerprint density at radius 3 is 2.81 bits per heavy atom. The molecule has 1 aromatic heterocycles. The van der Waals surface area contributed by atoms with Gasteiger partial charge in [0, 0.05) is 18.0 Å². The van der Waals surface area contributed by atoms with Crippen molar-refractivity contribution >= 4 is 22.4 Å². The summed E-state index contributed by atoms with van der Waals surface area (Å²) in [7, 11) is 0. The van der Waals surface area contributed by atoms with Gasteiger partial charge in [0.1, 0.15) is 5.00 Å². The first-order valence-electron chi connectivity index (χ1n) is 4.96. The van der Waals surface area contributed by atoms with Gasteiger partial charge in [0.05, 0.1) is 6.20 Å². The van der Waals surface area contributed by atoms with Crippen LogP contribution < -0.4 is 5.32 Å². The number of aryl methyl sites for hydroxylation is 1. The van der Waals surface area contributed by atoms with Gasteiger partial charge in [-0.1, -0.05) is 34.8 Å². The number of nitrogens with zero attached hydrogens (tertiary/aromatic N) is 2. The van der Waals surface area contributed by atoms with E-state index in [-0.39, 0.29) is 5.91 Å². The van der Waals surface area contributed by atoms with Crippen molar-refractivity contribution in [1.29, 1.82) is 0 Å². The van der Waals surface area contributed by atoms with Crippen molar-refractivity contribution in [2.45, 2.75) is 12.8 Å². The van der Waals surface area contributed by atoms with Crippen LogP contribution in [0.4, 0.5) is 5.00 Å². The van der Waals surface area contributed by atoms with E-state index in [1.54, 1.807) is 6.20 Å². The minimum atomic E-state index is -0.00472. The number of benzene rings is 1. The Hall–Kier alpha value is -1.75. The maximum Gasteiger partial charge on any atom is 0.225 e. The third-order valence-electron chi connectivity index (χ3n) is 2.11. The van der Waals surface area contributed by atoms with Gasteiger partial charge >= 0.3 is 0 Å². The van der Waals surface area contributed by atoms with Gasteiger partial charge < -0.3 is 5.32 Å². The van der Waals surface area contributed by atoms with Gasteiger partial charge in [0.15, 0.2) is 0 Å². The number of amides is 1. The lowest BCUT2D eigenvalue weighted by atomic mass is 10.1. The lowest BCUT2D eigenvalue weighted by Gasteiger charge is -2.01. The minimum absolute atomic E-state index is 0.00472. The van der Waals surface area contributed by atoms with E-state index in [1.165, 1.54) is 17.1 Å². The molecule has 1 N–H and O–H groups in total. The summed E-state index contributed by atoms with van der Waals surface area (Å²) in [4.78, 5) is 11.5. The van der Waals surface area contributed by atoms with Gasteiger partial charge in [-0.25, -0.2) is 0 Å². The molecule has 16 heavy (non-hydrogen) atoms. The molecular formula is C11H11N3OS. The molecule has 5 heteroatoms. The zero-order valence-corrected chi connectivity index (χ0v) is 9.41. The topological polar surface area (TPSA) is 54.9 Å². The number of rotatable bonds is 4. The molecule has 1 heterocycles. The van der Waals surface area contributed by atoms with Crippen LogP contribution in [-0.2, 0) is 11.2 Å². The van der Waals surface area contributed by atoms with Gasteiger partial charge in [0.2, 0.25) is 5.91 Å². The summed E-state index contributed by atoms with van der Waals surface area (Å²) in [5.41, 5.74) is 1.17. The van der Waals surface area contributed by atoms with Gasteiger partial charge in [-0.05, 0) is 12.0 Å². The second kappa shape index (κ2) is 5.37. The number of aromatic nitrogens is 2. The van der Waals surface area contributed by atoms with Crippen LogP contribution in [0, 0.1) is 0 Å². The van der Waals surface area contributed by atoms with E-state index in [0.29, 0.717) is 11.4 Å². The van der Waals surface area contributed by atoms with Crippen LogP contribution >= 0.6 is 11.5 Å². The SMILES string of the molecule is O=C(CCc1ccccc1)Nc1cnns1. The van der Waals surface area contributed by atoms with E-state index in [9.17, 15) is 4.79 Å². The fraction of sp³-hybridized carbons (Fsp3) is 0.182. The molecule has 0 bridgehead atoms. The maximum absolute atomic E-state index is 11.5. The summed E-state index contributed by atoms with van der Waals surface area (Å²) >= 11 is 1.18. The summed E-state index contributed by atoms with van der Waals surface area (Å²) in [6.07, 6.45) is 2.77. The number of hydrogen-bond acceptors (Lipinski definition) is 4. The normalized spacial score (nSPS) is 10.0. The molecule has 1 aromatic carbocycles. The number of anilines is 1. The number of hydrogen-bond donors (Lipinski definition) is 1. The molecule has 0 aliphatic rings. The average Bonchev–Trinajstić information content (AvgIpc) is 2.81. The highest BCUT2D eigenvalue weighted by atomic mass is 32.1. The van der Waals surface area contributed by atoms with Crippen LogP contribution in [0.1, 0.15) is 12.0 Å². The van der Waals surface area contributed by atoms with Crippen molar-refractivity contribution in [3.8, 4) is 0 Å². The van der Waals surface area contributed by atoms with Gasteiger partial charge in [-0.2, -0.15) is 0 Å². The first kappa shape index (κ1) is 10.8. The molecule has 0 aliphatic heterocycles. The quantitative estimate of drug-likeness (QED) is 0.880. The van der Waals surface area contributed by atoms with Crippen LogP contribution in [-0.4, -0.2) is 15.5 Å². The monoisotopic (exact) mass is 233 g/mol. The van der Waals surface area contributed by atoms with Crippen LogP contribution in [0.3, 0.4) is 0 Å². The van der Waals surface area contributed by atoms with E-state index >= 15 is 0 Å². The van der Waals surface area contributed by atoms with E-state index in [1.807, 2.05) is 30.3 Å². The van der Waals surface area contributed by atoms with Gasteiger partial charge in [-0.15, -0.1) is 5.10 Å². The molecule has 0 spiro atoms. The van der Waals surface area contributed by atoms with Crippen LogP contribution in [0.5, 0.6) is 0 Å². The summed E-state index contributed by atoms with van der Waals surface area (Å²) in [5, 5.41) is 7.09. The van der Waals surface area contributed by atoms with Crippen LogP contribution in [0.2, 0.25) is 0 Å². The Bertz CT molecular complexity index is 442. The number of carbonyl (C=O) groups is 1. The second-order valence-electron chi connectivity index (χ2n) is 3.32. The van der Waals surface area contributed by atoms with Crippen molar-refractivity contribution in [2.24, 2.45) is 0 Å². The Morgan fingerprint density at radius 1 is 1.31 bits per heavy atom. The zero-order valence-electron chi connectivity index (χ0n) is 8.59. The van der Waals surface area contributed by atoms with E-state index < -0.39 is 0 Å². The lowest BCUT2D eigenvalue weighted by molar-refractivity contribution is -0.116. The average molecular weight is 233 g/mol. The van der Waals surface area contributed by atoms with Crippen LogP contribution in [0.25, 0.3) is 0 Å². The smallest absolute Gasteiger partial charge is 0.225 e. The molecule has 0 saturated heterocycles. The van der Waals surface area contributed by atoms with Gasteiger partial charge in [-0.3, -0.25) is 4.79 Å². The van der Waals surface area contributed by atoms with Crippen molar-refractivity contribution in [3.05, 3.63) is 42.1 Å². The van der Waals surface area contributed by atoms with Crippen molar-refractivity contribution in [3.63, 3.8) is 0 Å². The highest BCUT2D eigenvalue weighted by Crippen LogP contribution is 2.10. The Morgan fingerprint density at radius 2 is 2.12 bits per heavy atom. The maximum atomic E-state index is 11.5. The van der Waals surface area contributed by atoms with Crippen molar-refractivity contribution in [1.82, 2.24) is 9.59 Å². The molecule has 2 aromatic rings. The minimum Gasteiger partial charge on any atom is -0.315 e. The first-order valence-corrected chi connectivity index (χ1v) is 5.73. The molecule has 2 rings (SSSR count). The predicted octanol–water partition coefficient (Wildman–Crippen LogP) is 2.11. The molecule has 1 amide bonds. The number of nitrogens with one attached hydrogen (secondary N) is 1. The molecule has 0 aliphatic carbocycles. The highest BCUT2D eigenvalue weighted by Gasteiger charge is 2.04. The van der Waals surface area contributed by atoms with E-state index in [0.717, 1.165) is 6.42 Å². The van der Waals surface area contributed by atoms with Gasteiger partial charge in [0.25, 0.3) is 0 Å². The summed E-state index contributed by atoms with van der Waals surface area (Å²) in [6, 6.07) is 9.94. The molecule has 0 atom stereocenters. The first-order chi connectivity index (χ1) is 7.84. The molecule has 82 valence electrons. The molecule has 0 unspecified atom stereocenters. The van der Waals surface area contributed by atoms with Crippen LogP contribution in [0.15, 0.2) is 36.5 Å². The third-order valence-corrected chi connectivity index (χ3v) is 2.69. The highest BCUT2D eigenvalue weighted by molar-refractivity contribution is 7.10. The van der Waals surface area contributed by atoms with Crippen molar-refractivity contribution < 1.29 is 4.79 Å². The predicted molar refractivity (Wildman–Crippen MR) is 63.3 cm³/mol. The van der Waals surface area contributed by atoms with E-state index in [4.69, 9.17) is 0 Å². The molecule has 4 nitrogen and oxygen atoms in total. The third kappa shape index (κ3) is 3.13.